The molecule has 2 amide bonds. The Labute approximate surface area is 179 Å². The highest BCUT2D eigenvalue weighted by Crippen LogP contribution is 2.35. The number of nitrogens with zero attached hydrogens (tertiary/aromatic N) is 4. The van der Waals surface area contributed by atoms with Crippen LogP contribution < -0.4 is 10.2 Å². The molecule has 3 aromatic rings. The van der Waals surface area contributed by atoms with E-state index in [0.717, 1.165) is 18.3 Å². The molecule has 0 aliphatic carbocycles. The summed E-state index contributed by atoms with van der Waals surface area (Å²) in [6, 6.07) is 5.51. The van der Waals surface area contributed by atoms with E-state index in [1.807, 2.05) is 0 Å². The van der Waals surface area contributed by atoms with Crippen LogP contribution >= 0.6 is 0 Å². The third-order valence-electron chi connectivity index (χ3n) is 5.15. The van der Waals surface area contributed by atoms with Gasteiger partial charge in [0.05, 0.1) is 29.6 Å². The van der Waals surface area contributed by atoms with Crippen molar-refractivity contribution in [1.82, 2.24) is 14.8 Å². The van der Waals surface area contributed by atoms with E-state index in [-0.39, 0.29) is 40.9 Å². The van der Waals surface area contributed by atoms with Gasteiger partial charge in [0.15, 0.2) is 0 Å². The van der Waals surface area contributed by atoms with E-state index in [4.69, 9.17) is 0 Å². The number of hydrogen-bond acceptors (Lipinski definition) is 4. The molecule has 0 bridgehead atoms. The molecule has 0 unspecified atom stereocenters. The Bertz CT molecular complexity index is 1200. The van der Waals surface area contributed by atoms with E-state index in [9.17, 15) is 27.2 Å². The molecular weight excluding hydrogens is 430 g/mol. The lowest BCUT2D eigenvalue weighted by molar-refractivity contribution is -0.138. The average molecular weight is 447 g/mol. The summed E-state index contributed by atoms with van der Waals surface area (Å²) in [5, 5.41) is 6.62. The fourth-order valence-corrected chi connectivity index (χ4v) is 3.62. The number of rotatable bonds is 3. The predicted molar refractivity (Wildman–Crippen MR) is 107 cm³/mol. The number of aryl methyl sites for hydroxylation is 1. The van der Waals surface area contributed by atoms with Gasteiger partial charge >= 0.3 is 6.18 Å². The fraction of sp³-hybridized carbons (Fsp3) is 0.238. The minimum absolute atomic E-state index is 0.000845. The minimum Gasteiger partial charge on any atom is -0.306 e. The Balaban J connectivity index is 1.66. The van der Waals surface area contributed by atoms with Crippen LogP contribution in [0.1, 0.15) is 44.9 Å². The molecule has 0 radical (unpaired) electrons. The van der Waals surface area contributed by atoms with Crippen molar-refractivity contribution < 1.29 is 27.2 Å². The maximum absolute atomic E-state index is 13.2. The van der Waals surface area contributed by atoms with Gasteiger partial charge in [-0.1, -0.05) is 0 Å². The molecule has 3 heterocycles. The number of alkyl halides is 3. The zero-order valence-corrected chi connectivity index (χ0v) is 16.9. The number of carbonyl (C=O) groups excluding carboxylic acids is 2. The first-order valence-corrected chi connectivity index (χ1v) is 9.56. The Morgan fingerprint density at radius 1 is 1.19 bits per heavy atom. The lowest BCUT2D eigenvalue weighted by Gasteiger charge is -2.32. The summed E-state index contributed by atoms with van der Waals surface area (Å²) in [4.78, 5) is 31.1. The molecule has 1 aliphatic heterocycles. The van der Waals surface area contributed by atoms with Gasteiger partial charge < -0.3 is 10.2 Å². The predicted octanol–water partition coefficient (Wildman–Crippen LogP) is 4.22. The molecule has 1 aliphatic rings. The Morgan fingerprint density at radius 3 is 2.56 bits per heavy atom. The summed E-state index contributed by atoms with van der Waals surface area (Å²) < 4.78 is 53.7. The number of fused-ring (bicyclic) bond motifs is 1. The topological polar surface area (TPSA) is 80.1 Å². The highest BCUT2D eigenvalue weighted by molar-refractivity contribution is 6.15. The Hall–Kier alpha value is -3.76. The summed E-state index contributed by atoms with van der Waals surface area (Å²) in [7, 11) is 0. The highest BCUT2D eigenvalue weighted by Gasteiger charge is 2.37. The van der Waals surface area contributed by atoms with Gasteiger partial charge in [0, 0.05) is 12.2 Å². The van der Waals surface area contributed by atoms with Gasteiger partial charge in [0.2, 0.25) is 0 Å². The summed E-state index contributed by atoms with van der Waals surface area (Å²) in [5.41, 5.74) is -0.542. The van der Waals surface area contributed by atoms with Gasteiger partial charge in [-0.15, -0.1) is 0 Å². The number of pyridine rings is 1. The molecule has 4 rings (SSSR count). The number of amides is 2. The molecule has 0 saturated heterocycles. The smallest absolute Gasteiger partial charge is 0.306 e. The molecule has 166 valence electrons. The SMILES string of the molecule is Cc1cc(N2C[C@H](C)n3ncc(C(=O)Nc4ccc(F)cn4)c3C2=O)ccc1C(F)(F)F. The van der Waals surface area contributed by atoms with Crippen LogP contribution in [0.25, 0.3) is 0 Å². The van der Waals surface area contributed by atoms with E-state index >= 15 is 0 Å². The quantitative estimate of drug-likeness (QED) is 0.610. The highest BCUT2D eigenvalue weighted by atomic mass is 19.4. The molecule has 1 aromatic carbocycles. The van der Waals surface area contributed by atoms with Crippen molar-refractivity contribution in [2.24, 2.45) is 0 Å². The van der Waals surface area contributed by atoms with E-state index in [1.54, 1.807) is 6.92 Å². The number of halogens is 4. The molecule has 0 spiro atoms. The average Bonchev–Trinajstić information content (AvgIpc) is 3.17. The first-order valence-electron chi connectivity index (χ1n) is 9.56. The summed E-state index contributed by atoms with van der Waals surface area (Å²) in [5.74, 6) is -1.73. The molecule has 7 nitrogen and oxygen atoms in total. The number of carbonyl (C=O) groups is 2. The van der Waals surface area contributed by atoms with Crippen LogP contribution in [0, 0.1) is 12.7 Å². The molecule has 11 heteroatoms. The maximum atomic E-state index is 13.2. The van der Waals surface area contributed by atoms with E-state index in [1.165, 1.54) is 40.9 Å². The minimum atomic E-state index is -4.50. The number of aromatic nitrogens is 3. The zero-order valence-electron chi connectivity index (χ0n) is 16.9. The summed E-state index contributed by atoms with van der Waals surface area (Å²) in [6.45, 7) is 3.26. The third kappa shape index (κ3) is 3.81. The molecule has 2 aromatic heterocycles. The van der Waals surface area contributed by atoms with Crippen LogP contribution in [0.15, 0.2) is 42.7 Å². The molecular formula is C21H17F4N5O2. The molecule has 1 N–H and O–H groups in total. The second-order valence-electron chi connectivity index (χ2n) is 7.43. The van der Waals surface area contributed by atoms with Crippen molar-refractivity contribution in [3.05, 3.63) is 70.9 Å². The monoisotopic (exact) mass is 447 g/mol. The molecule has 1 atom stereocenters. The van der Waals surface area contributed by atoms with Gasteiger partial charge in [-0.05, 0) is 49.7 Å². The van der Waals surface area contributed by atoms with Gasteiger partial charge in [-0.25, -0.2) is 9.37 Å². The number of nitrogens with one attached hydrogen (secondary N) is 1. The van der Waals surface area contributed by atoms with Crippen molar-refractivity contribution >= 4 is 23.3 Å². The molecule has 0 fully saturated rings. The van der Waals surface area contributed by atoms with Crippen LogP contribution in [0.3, 0.4) is 0 Å². The van der Waals surface area contributed by atoms with Crippen LogP contribution in [0.5, 0.6) is 0 Å². The second-order valence-corrected chi connectivity index (χ2v) is 7.43. The number of benzene rings is 1. The first kappa shape index (κ1) is 21.5. The number of anilines is 2. The largest absolute Gasteiger partial charge is 0.416 e. The van der Waals surface area contributed by atoms with Crippen molar-refractivity contribution in [3.63, 3.8) is 0 Å². The standard InChI is InChI=1S/C21H17F4N5O2/c1-11-7-14(4-5-16(11)21(23,24)25)29-10-12(2)30-18(20(29)32)15(9-27-30)19(31)28-17-6-3-13(22)8-26-17/h3-9,12H,10H2,1-2H3,(H,26,28,31)/t12-/m0/s1. The van der Waals surface area contributed by atoms with Crippen LogP contribution in [0.2, 0.25) is 0 Å². The lowest BCUT2D eigenvalue weighted by Crippen LogP contribution is -2.43. The first-order chi connectivity index (χ1) is 15.1. The van der Waals surface area contributed by atoms with E-state index in [2.05, 4.69) is 15.4 Å². The van der Waals surface area contributed by atoms with Crippen LogP contribution in [-0.4, -0.2) is 33.1 Å². The van der Waals surface area contributed by atoms with Gasteiger partial charge in [0.1, 0.15) is 17.3 Å². The third-order valence-corrected chi connectivity index (χ3v) is 5.15. The van der Waals surface area contributed by atoms with Crippen molar-refractivity contribution in [1.29, 1.82) is 0 Å². The Morgan fingerprint density at radius 2 is 1.94 bits per heavy atom. The lowest BCUT2D eigenvalue weighted by atomic mass is 10.0. The maximum Gasteiger partial charge on any atom is 0.416 e. The Kier molecular flexibility index (Phi) is 5.19. The second kappa shape index (κ2) is 7.74. The summed E-state index contributed by atoms with van der Waals surface area (Å²) in [6.07, 6.45) is -2.32. The van der Waals surface area contributed by atoms with Gasteiger partial charge in [0.25, 0.3) is 11.8 Å². The number of hydrogen-bond donors (Lipinski definition) is 1. The van der Waals surface area contributed by atoms with Crippen LogP contribution in [0.4, 0.5) is 29.1 Å². The molecule has 32 heavy (non-hydrogen) atoms. The van der Waals surface area contributed by atoms with Gasteiger partial charge in [-0.3, -0.25) is 14.3 Å². The van der Waals surface area contributed by atoms with Crippen molar-refractivity contribution in [2.75, 3.05) is 16.8 Å². The molecule has 0 saturated carbocycles. The van der Waals surface area contributed by atoms with Gasteiger partial charge in [-0.2, -0.15) is 18.3 Å². The zero-order chi connectivity index (χ0) is 23.2. The fourth-order valence-electron chi connectivity index (χ4n) is 3.62. The van der Waals surface area contributed by atoms with Crippen molar-refractivity contribution in [2.45, 2.75) is 26.1 Å². The van der Waals surface area contributed by atoms with Crippen molar-refractivity contribution in [3.8, 4) is 0 Å². The van der Waals surface area contributed by atoms with Crippen LogP contribution in [-0.2, 0) is 6.18 Å². The van der Waals surface area contributed by atoms with E-state index < -0.39 is 29.4 Å². The normalized spacial score (nSPS) is 16.1. The summed E-state index contributed by atoms with van der Waals surface area (Å²) >= 11 is 0. The van der Waals surface area contributed by atoms with E-state index in [0.29, 0.717) is 0 Å².